The van der Waals surface area contributed by atoms with Crippen molar-refractivity contribution in [1.29, 1.82) is 0 Å². The number of nitrogens with zero attached hydrogens (tertiary/aromatic N) is 4. The number of methoxy groups -OCH3 is 1. The van der Waals surface area contributed by atoms with Gasteiger partial charge in [-0.25, -0.2) is 19.6 Å². The molecule has 65 heavy (non-hydrogen) atoms. The maximum absolute atomic E-state index is 14.3. The van der Waals surface area contributed by atoms with Crippen LogP contribution in [0.15, 0.2) is 88.3 Å². The second-order valence-corrected chi connectivity index (χ2v) is 17.2. The molecule has 3 aromatic heterocycles. The molecule has 0 bridgehead atoms. The number of hydrogen-bond donors (Lipinski definition) is 4. The number of rotatable bonds is 11. The number of ether oxygens (including phenoxy) is 3. The van der Waals surface area contributed by atoms with Crippen molar-refractivity contribution < 1.29 is 37.8 Å². The average Bonchev–Trinajstić information content (AvgIpc) is 4.17. The van der Waals surface area contributed by atoms with Crippen LogP contribution in [0.5, 0.6) is 0 Å². The molecule has 17 nitrogen and oxygen atoms in total. The predicted molar refractivity (Wildman–Crippen MR) is 239 cm³/mol. The summed E-state index contributed by atoms with van der Waals surface area (Å²) in [5.41, 5.74) is 4.12. The van der Waals surface area contributed by atoms with E-state index in [1.807, 2.05) is 56.3 Å². The highest BCUT2D eigenvalue weighted by molar-refractivity contribution is 5.93. The number of benzene rings is 3. The van der Waals surface area contributed by atoms with Crippen molar-refractivity contribution in [3.05, 3.63) is 107 Å². The van der Waals surface area contributed by atoms with E-state index in [4.69, 9.17) is 23.6 Å². The molecule has 0 spiro atoms. The molecule has 17 heteroatoms. The monoisotopic (exact) mass is 884 g/mol. The minimum Gasteiger partial charge on any atom is -0.456 e. The quantitative estimate of drug-likeness (QED) is 0.0965. The van der Waals surface area contributed by atoms with Gasteiger partial charge in [0.25, 0.3) is 5.91 Å². The van der Waals surface area contributed by atoms with Crippen LogP contribution in [0.2, 0.25) is 0 Å². The van der Waals surface area contributed by atoms with Crippen LogP contribution < -0.4 is 16.1 Å². The molecule has 6 heterocycles. The van der Waals surface area contributed by atoms with Gasteiger partial charge >= 0.3 is 12.2 Å². The van der Waals surface area contributed by atoms with E-state index in [2.05, 4.69) is 25.6 Å². The Morgan fingerprint density at radius 1 is 0.738 bits per heavy atom. The summed E-state index contributed by atoms with van der Waals surface area (Å²) >= 11 is 0. The maximum atomic E-state index is 14.3. The lowest BCUT2D eigenvalue weighted by molar-refractivity contribution is -0.136. The highest BCUT2D eigenvalue weighted by atomic mass is 16.6. The van der Waals surface area contributed by atoms with Crippen LogP contribution in [0.25, 0.3) is 44.5 Å². The Kier molecular flexibility index (Phi) is 12.4. The molecule has 3 aliphatic heterocycles. The van der Waals surface area contributed by atoms with Gasteiger partial charge in [-0.15, -0.1) is 0 Å². The summed E-state index contributed by atoms with van der Waals surface area (Å²) in [6.45, 7) is 5.82. The molecule has 0 radical (unpaired) electrons. The Balaban J connectivity index is 0.919. The fourth-order valence-corrected chi connectivity index (χ4v) is 9.20. The van der Waals surface area contributed by atoms with Crippen molar-refractivity contribution in [2.45, 2.75) is 82.6 Å². The first-order valence-corrected chi connectivity index (χ1v) is 22.2. The molecular weight excluding hydrogens is 833 g/mol. The zero-order valence-corrected chi connectivity index (χ0v) is 36.5. The van der Waals surface area contributed by atoms with Crippen molar-refractivity contribution in [1.82, 2.24) is 40.4 Å². The molecule has 3 aliphatic rings. The fraction of sp³-hybridized carbons (Fsp3) is 0.396. The van der Waals surface area contributed by atoms with E-state index >= 15 is 0 Å². The zero-order valence-electron chi connectivity index (χ0n) is 36.5. The van der Waals surface area contributed by atoms with Gasteiger partial charge in [0.1, 0.15) is 41.0 Å². The van der Waals surface area contributed by atoms with Gasteiger partial charge < -0.3 is 49.0 Å². The lowest BCUT2D eigenvalue weighted by Crippen LogP contribution is -2.51. The minimum absolute atomic E-state index is 0.151. The van der Waals surface area contributed by atoms with E-state index in [1.165, 1.54) is 7.11 Å². The Hall–Kier alpha value is -7.01. The van der Waals surface area contributed by atoms with Gasteiger partial charge in [0, 0.05) is 37.1 Å². The van der Waals surface area contributed by atoms with E-state index in [1.54, 1.807) is 46.5 Å². The van der Waals surface area contributed by atoms with Crippen LogP contribution >= 0.6 is 0 Å². The number of imidazole rings is 2. The lowest BCUT2D eigenvalue weighted by Gasteiger charge is -2.30. The number of fused-ring (bicyclic) bond motifs is 2. The molecule has 0 aliphatic carbocycles. The zero-order chi connectivity index (χ0) is 45.2. The molecule has 3 aromatic carbocycles. The van der Waals surface area contributed by atoms with Gasteiger partial charge in [-0.05, 0) is 67.5 Å². The Morgan fingerprint density at radius 3 is 2.02 bits per heavy atom. The third-order valence-corrected chi connectivity index (χ3v) is 12.7. The largest absolute Gasteiger partial charge is 0.456 e. The summed E-state index contributed by atoms with van der Waals surface area (Å²) in [7, 11) is 1.27. The maximum Gasteiger partial charge on any atom is 0.408 e. The molecule has 3 saturated heterocycles. The average molecular weight is 885 g/mol. The number of H-pyrrole nitrogens is 2. The summed E-state index contributed by atoms with van der Waals surface area (Å²) < 4.78 is 22.2. The van der Waals surface area contributed by atoms with Crippen LogP contribution in [0.3, 0.4) is 0 Å². The standard InChI is InChI=1S/C48H52N8O9/c1-27(2)40(53-47(60)62-3)45(58)55-19-7-11-36(55)43-50-26-35(52-43)30-13-15-32-39(24-30)65-38-16-14-29(23-33(38)42(32)57)34-25-49-44(51-34)37-12-8-20-56(37)46(59)41(28-9-5-4-6-10-28)54-48(61)64-31-17-21-63-22-18-31/h4-6,9-10,13-16,23-27,31,36-37,40-41H,7-8,11-12,17-22H2,1-3H3,(H,49,51)(H,50,52)(H,53,60)(H,54,61)/t36-,37-,40-,41+/m0/s1. The van der Waals surface area contributed by atoms with Gasteiger partial charge in [0.05, 0.1) is 67.0 Å². The van der Waals surface area contributed by atoms with Crippen molar-refractivity contribution in [2.75, 3.05) is 33.4 Å². The Labute approximate surface area is 374 Å². The van der Waals surface area contributed by atoms with E-state index < -0.39 is 24.3 Å². The third-order valence-electron chi connectivity index (χ3n) is 12.7. The van der Waals surface area contributed by atoms with Gasteiger partial charge in [-0.3, -0.25) is 14.4 Å². The summed E-state index contributed by atoms with van der Waals surface area (Å²) in [6, 6.07) is 17.6. The van der Waals surface area contributed by atoms with Gasteiger partial charge in [-0.2, -0.15) is 0 Å². The lowest BCUT2D eigenvalue weighted by atomic mass is 10.0. The topological polar surface area (TPSA) is 214 Å². The minimum atomic E-state index is -0.955. The highest BCUT2D eigenvalue weighted by Gasteiger charge is 2.39. The number of aromatic amines is 2. The second kappa shape index (κ2) is 18.6. The normalized spacial score (nSPS) is 18.8. The molecule has 9 rings (SSSR count). The summed E-state index contributed by atoms with van der Waals surface area (Å²) in [6.07, 6.45) is 5.97. The first kappa shape index (κ1) is 43.3. The van der Waals surface area contributed by atoms with Crippen LogP contribution in [0, 0.1) is 5.92 Å². The molecule has 0 saturated carbocycles. The predicted octanol–water partition coefficient (Wildman–Crippen LogP) is 7.08. The molecule has 4 N–H and O–H groups in total. The van der Waals surface area contributed by atoms with Gasteiger partial charge in [-0.1, -0.05) is 50.2 Å². The van der Waals surface area contributed by atoms with Gasteiger partial charge in [0.2, 0.25) is 11.3 Å². The third kappa shape index (κ3) is 8.92. The van der Waals surface area contributed by atoms with Crippen LogP contribution in [-0.4, -0.2) is 99.3 Å². The van der Waals surface area contributed by atoms with E-state index in [-0.39, 0.29) is 41.3 Å². The first-order valence-electron chi connectivity index (χ1n) is 22.2. The number of carbonyl (C=O) groups is 4. The van der Waals surface area contributed by atoms with Crippen molar-refractivity contribution in [3.63, 3.8) is 0 Å². The number of nitrogens with one attached hydrogen (secondary N) is 4. The molecule has 338 valence electrons. The molecule has 3 fully saturated rings. The molecule has 4 atom stereocenters. The SMILES string of the molecule is COC(=O)N[C@H](C(=O)N1CCC[C@H]1c1ncc(-c2ccc3c(=O)c4cc(-c5cnc([C@@H]6CCCN6C(=O)[C@H](NC(=O)OC6CCOCC6)c6ccccc6)[nH]5)ccc4oc3c2)[nH]1)C(C)C. The first-order chi connectivity index (χ1) is 31.6. The van der Waals surface area contributed by atoms with Crippen LogP contribution in [0.1, 0.15) is 87.7 Å². The van der Waals surface area contributed by atoms with Gasteiger partial charge in [0.15, 0.2) is 0 Å². The summed E-state index contributed by atoms with van der Waals surface area (Å²) in [5.74, 6) is 0.629. The summed E-state index contributed by atoms with van der Waals surface area (Å²) in [5, 5.41) is 6.33. The number of carbonyl (C=O) groups excluding carboxylic acids is 4. The van der Waals surface area contributed by atoms with Crippen LogP contribution in [-0.2, 0) is 23.8 Å². The number of aromatic nitrogens is 4. The fourth-order valence-electron chi connectivity index (χ4n) is 9.20. The number of amides is 4. The second-order valence-electron chi connectivity index (χ2n) is 17.2. The Bertz CT molecular complexity index is 2780. The number of hydrogen-bond acceptors (Lipinski definition) is 11. The van der Waals surface area contributed by atoms with Crippen molar-refractivity contribution in [3.8, 4) is 22.5 Å². The molecule has 4 amide bonds. The highest BCUT2D eigenvalue weighted by Crippen LogP contribution is 2.36. The summed E-state index contributed by atoms with van der Waals surface area (Å²) in [4.78, 5) is 86.8. The smallest absolute Gasteiger partial charge is 0.408 e. The van der Waals surface area contributed by atoms with Crippen LogP contribution in [0.4, 0.5) is 9.59 Å². The van der Waals surface area contributed by atoms with E-state index in [9.17, 15) is 24.0 Å². The molecular formula is C48H52N8O9. The van der Waals surface area contributed by atoms with E-state index in [0.29, 0.717) is 103 Å². The number of likely N-dealkylation sites (tertiary alicyclic amines) is 2. The Morgan fingerprint density at radius 2 is 1.37 bits per heavy atom. The number of alkyl carbamates (subject to hydrolysis) is 2. The molecule has 6 aromatic rings. The van der Waals surface area contributed by atoms with E-state index in [0.717, 1.165) is 24.0 Å². The molecule has 0 unspecified atom stereocenters. The van der Waals surface area contributed by atoms with Crippen molar-refractivity contribution >= 4 is 45.9 Å². The van der Waals surface area contributed by atoms with Crippen molar-refractivity contribution in [2.24, 2.45) is 5.92 Å².